The molecule has 1 fully saturated rings. The van der Waals surface area contributed by atoms with Crippen molar-refractivity contribution >= 4 is 35.6 Å². The first-order chi connectivity index (χ1) is 12.0. The Kier molecular flexibility index (Phi) is 7.34. The highest BCUT2D eigenvalue weighted by molar-refractivity contribution is 6.30. The number of piperazine rings is 1. The van der Waals surface area contributed by atoms with Crippen LogP contribution in [0.1, 0.15) is 11.6 Å². The average Bonchev–Trinajstić information content (AvgIpc) is 2.58. The Labute approximate surface area is 161 Å². The lowest BCUT2D eigenvalue weighted by atomic mass is 10.0. The van der Waals surface area contributed by atoms with E-state index in [1.807, 2.05) is 23.1 Å². The number of amides is 1. The van der Waals surface area contributed by atoms with Gasteiger partial charge in [-0.1, -0.05) is 23.7 Å². The second-order valence-corrected chi connectivity index (χ2v) is 6.35. The molecule has 2 N–H and O–H groups in total. The Morgan fingerprint density at radius 3 is 2.85 bits per heavy atom. The molecular weight excluding hydrogens is 383 g/mol. The van der Waals surface area contributed by atoms with Crippen molar-refractivity contribution in [1.29, 1.82) is 0 Å². The van der Waals surface area contributed by atoms with E-state index in [0.29, 0.717) is 18.1 Å². The molecule has 1 unspecified atom stereocenters. The minimum atomic E-state index is -0.665. The second kappa shape index (κ2) is 9.28. The van der Waals surface area contributed by atoms with Gasteiger partial charge >= 0.3 is 0 Å². The molecule has 0 spiro atoms. The molecular formula is C18H19Cl2F2N3O. The molecule has 0 aliphatic carbocycles. The summed E-state index contributed by atoms with van der Waals surface area (Å²) in [6.45, 7) is 2.17. The van der Waals surface area contributed by atoms with Crippen LogP contribution >= 0.6 is 24.0 Å². The first-order valence-corrected chi connectivity index (χ1v) is 8.36. The smallest absolute Gasteiger partial charge is 0.238 e. The Bertz CT molecular complexity index is 776. The predicted octanol–water partition coefficient (Wildman–Crippen LogP) is 3.63. The maximum Gasteiger partial charge on any atom is 0.238 e. The standard InChI is InChI=1S/C18H18ClF2N3O.ClH/c19-13-3-1-2-12(8-13)17-10-22-6-7-24(17)11-18(25)23-16-9-14(20)4-5-15(16)21;/h1-5,8-9,17,22H,6-7,10-11H2,(H,23,25);1H. The predicted molar refractivity (Wildman–Crippen MR) is 101 cm³/mol. The van der Waals surface area contributed by atoms with Gasteiger partial charge in [-0.05, 0) is 29.8 Å². The number of hydrogen-bond donors (Lipinski definition) is 2. The molecule has 1 amide bonds. The molecule has 2 aromatic carbocycles. The third-order valence-electron chi connectivity index (χ3n) is 4.14. The Morgan fingerprint density at radius 2 is 2.08 bits per heavy atom. The van der Waals surface area contributed by atoms with Crippen molar-refractivity contribution in [3.05, 3.63) is 64.7 Å². The van der Waals surface area contributed by atoms with Crippen LogP contribution in [0.3, 0.4) is 0 Å². The lowest BCUT2D eigenvalue weighted by molar-refractivity contribution is -0.118. The van der Waals surface area contributed by atoms with E-state index in [0.717, 1.165) is 30.3 Å². The molecule has 4 nitrogen and oxygen atoms in total. The molecule has 1 aliphatic rings. The summed E-state index contributed by atoms with van der Waals surface area (Å²) in [6, 6.07) is 10.4. The summed E-state index contributed by atoms with van der Waals surface area (Å²) in [4.78, 5) is 14.3. The topological polar surface area (TPSA) is 44.4 Å². The van der Waals surface area contributed by atoms with Crippen LogP contribution in [-0.4, -0.2) is 37.0 Å². The van der Waals surface area contributed by atoms with Crippen molar-refractivity contribution in [3.8, 4) is 0 Å². The quantitative estimate of drug-likeness (QED) is 0.821. The van der Waals surface area contributed by atoms with E-state index in [2.05, 4.69) is 10.6 Å². The van der Waals surface area contributed by atoms with E-state index in [-0.39, 0.29) is 30.7 Å². The fraction of sp³-hybridized carbons (Fsp3) is 0.278. The van der Waals surface area contributed by atoms with Crippen LogP contribution in [0.25, 0.3) is 0 Å². The van der Waals surface area contributed by atoms with Crippen molar-refractivity contribution in [3.63, 3.8) is 0 Å². The van der Waals surface area contributed by atoms with Gasteiger partial charge in [-0.3, -0.25) is 9.69 Å². The van der Waals surface area contributed by atoms with Crippen LogP contribution in [0.5, 0.6) is 0 Å². The van der Waals surface area contributed by atoms with Gasteiger partial charge in [-0.2, -0.15) is 0 Å². The summed E-state index contributed by atoms with van der Waals surface area (Å²) in [7, 11) is 0. The first-order valence-electron chi connectivity index (χ1n) is 7.98. The molecule has 0 bridgehead atoms. The molecule has 1 heterocycles. The van der Waals surface area contributed by atoms with Crippen molar-refractivity contribution in [2.75, 3.05) is 31.5 Å². The first kappa shape index (κ1) is 20.6. The van der Waals surface area contributed by atoms with E-state index in [1.165, 1.54) is 0 Å². The Balaban J connectivity index is 0.00000243. The van der Waals surface area contributed by atoms with Crippen molar-refractivity contribution in [2.45, 2.75) is 6.04 Å². The summed E-state index contributed by atoms with van der Waals surface area (Å²) in [5.74, 6) is -1.66. The number of benzene rings is 2. The fourth-order valence-electron chi connectivity index (χ4n) is 2.95. The van der Waals surface area contributed by atoms with E-state index in [9.17, 15) is 13.6 Å². The van der Waals surface area contributed by atoms with Gasteiger partial charge in [0.05, 0.1) is 12.2 Å². The lowest BCUT2D eigenvalue weighted by Gasteiger charge is -2.36. The molecule has 8 heteroatoms. The van der Waals surface area contributed by atoms with Gasteiger partial charge < -0.3 is 10.6 Å². The number of hydrogen-bond acceptors (Lipinski definition) is 3. The minimum absolute atomic E-state index is 0. The van der Waals surface area contributed by atoms with E-state index < -0.39 is 17.5 Å². The molecule has 1 atom stereocenters. The van der Waals surface area contributed by atoms with Gasteiger partial charge in [0, 0.05) is 36.8 Å². The summed E-state index contributed by atoms with van der Waals surface area (Å²) in [5, 5.41) is 6.37. The van der Waals surface area contributed by atoms with Gasteiger partial charge in [-0.15, -0.1) is 12.4 Å². The zero-order valence-corrected chi connectivity index (χ0v) is 15.4. The molecule has 2 aromatic rings. The second-order valence-electron chi connectivity index (χ2n) is 5.92. The van der Waals surface area contributed by atoms with Crippen molar-refractivity contribution in [2.24, 2.45) is 0 Å². The molecule has 1 saturated heterocycles. The molecule has 140 valence electrons. The van der Waals surface area contributed by atoms with E-state index >= 15 is 0 Å². The summed E-state index contributed by atoms with van der Waals surface area (Å²) in [5.41, 5.74) is 0.851. The van der Waals surface area contributed by atoms with Gasteiger partial charge in [-0.25, -0.2) is 8.78 Å². The highest BCUT2D eigenvalue weighted by Crippen LogP contribution is 2.24. The molecule has 0 radical (unpaired) electrons. The summed E-state index contributed by atoms with van der Waals surface area (Å²) < 4.78 is 26.9. The number of carbonyl (C=O) groups is 1. The van der Waals surface area contributed by atoms with Crippen LogP contribution in [0, 0.1) is 11.6 Å². The highest BCUT2D eigenvalue weighted by atomic mass is 35.5. The van der Waals surface area contributed by atoms with Crippen LogP contribution in [0.15, 0.2) is 42.5 Å². The number of nitrogens with one attached hydrogen (secondary N) is 2. The zero-order valence-electron chi connectivity index (χ0n) is 13.8. The number of carbonyl (C=O) groups excluding carboxylic acids is 1. The SMILES string of the molecule is Cl.O=C(CN1CCNCC1c1cccc(Cl)c1)Nc1cc(F)ccc1F. The molecule has 3 rings (SSSR count). The monoisotopic (exact) mass is 401 g/mol. The number of anilines is 1. The molecule has 0 aromatic heterocycles. The largest absolute Gasteiger partial charge is 0.322 e. The van der Waals surface area contributed by atoms with Crippen LogP contribution < -0.4 is 10.6 Å². The van der Waals surface area contributed by atoms with Gasteiger partial charge in [0.15, 0.2) is 0 Å². The minimum Gasteiger partial charge on any atom is -0.322 e. The third-order valence-corrected chi connectivity index (χ3v) is 4.37. The average molecular weight is 402 g/mol. The van der Waals surface area contributed by atoms with Crippen LogP contribution in [-0.2, 0) is 4.79 Å². The van der Waals surface area contributed by atoms with Crippen LogP contribution in [0.4, 0.5) is 14.5 Å². The number of rotatable bonds is 4. The van der Waals surface area contributed by atoms with Gasteiger partial charge in [0.1, 0.15) is 11.6 Å². The van der Waals surface area contributed by atoms with Gasteiger partial charge in [0.25, 0.3) is 0 Å². The Hall–Kier alpha value is -1.73. The Morgan fingerprint density at radius 1 is 1.27 bits per heavy atom. The van der Waals surface area contributed by atoms with Gasteiger partial charge in [0.2, 0.25) is 5.91 Å². The lowest BCUT2D eigenvalue weighted by Crippen LogP contribution is -2.48. The number of nitrogens with zero attached hydrogens (tertiary/aromatic N) is 1. The third kappa shape index (κ3) is 5.14. The van der Waals surface area contributed by atoms with E-state index in [4.69, 9.17) is 11.6 Å². The van der Waals surface area contributed by atoms with E-state index in [1.54, 1.807) is 6.07 Å². The molecule has 1 aliphatic heterocycles. The van der Waals surface area contributed by atoms with Crippen LogP contribution in [0.2, 0.25) is 5.02 Å². The number of halogens is 4. The maximum absolute atomic E-state index is 13.7. The van der Waals surface area contributed by atoms with Crippen molar-refractivity contribution in [1.82, 2.24) is 10.2 Å². The highest BCUT2D eigenvalue weighted by Gasteiger charge is 2.26. The normalized spacial score (nSPS) is 17.4. The molecule has 0 saturated carbocycles. The maximum atomic E-state index is 13.7. The summed E-state index contributed by atoms with van der Waals surface area (Å²) in [6.07, 6.45) is 0. The fourth-order valence-corrected chi connectivity index (χ4v) is 3.14. The van der Waals surface area contributed by atoms with Crippen molar-refractivity contribution < 1.29 is 13.6 Å². The summed E-state index contributed by atoms with van der Waals surface area (Å²) >= 11 is 6.06. The zero-order chi connectivity index (χ0) is 17.8. The molecule has 26 heavy (non-hydrogen) atoms.